The number of hydrogen-bond acceptors (Lipinski definition) is 2. The van der Waals surface area contributed by atoms with Gasteiger partial charge >= 0.3 is 0 Å². The second-order valence-corrected chi connectivity index (χ2v) is 4.58. The molecule has 0 aliphatic heterocycles. The molecule has 0 saturated heterocycles. The van der Waals surface area contributed by atoms with Crippen molar-refractivity contribution in [1.82, 2.24) is 5.32 Å². The van der Waals surface area contributed by atoms with Crippen molar-refractivity contribution in [3.05, 3.63) is 60.1 Å². The van der Waals surface area contributed by atoms with E-state index >= 15 is 0 Å². The van der Waals surface area contributed by atoms with Gasteiger partial charge in [-0.1, -0.05) is 24.8 Å². The van der Waals surface area contributed by atoms with Gasteiger partial charge in [0, 0.05) is 11.8 Å². The van der Waals surface area contributed by atoms with Crippen LogP contribution in [0.3, 0.4) is 0 Å². The third-order valence-electron chi connectivity index (χ3n) is 3.55. The Bertz CT molecular complexity index is 539. The summed E-state index contributed by atoms with van der Waals surface area (Å²) in [5, 5.41) is 12.2. The van der Waals surface area contributed by atoms with Crippen LogP contribution >= 0.6 is 0 Å². The van der Waals surface area contributed by atoms with Crippen molar-refractivity contribution in [3.63, 3.8) is 0 Å². The second kappa shape index (κ2) is 5.36. The normalized spacial score (nSPS) is 21.4. The van der Waals surface area contributed by atoms with Crippen LogP contribution in [0.5, 0.6) is 0 Å². The average Bonchev–Trinajstić information content (AvgIpc) is 2.80. The number of allylic oxidation sites excluding steroid dienone is 2. The number of halogens is 1. The summed E-state index contributed by atoms with van der Waals surface area (Å²) in [6, 6.07) is 4.74. The number of hydrogen-bond donors (Lipinski definition) is 2. The van der Waals surface area contributed by atoms with E-state index < -0.39 is 23.7 Å². The van der Waals surface area contributed by atoms with Crippen molar-refractivity contribution in [2.75, 3.05) is 6.61 Å². The Labute approximate surface area is 111 Å². The van der Waals surface area contributed by atoms with Gasteiger partial charge in [-0.25, -0.2) is 4.39 Å². The number of carbonyl (C=O) groups excluding carboxylic acids is 1. The largest absolute Gasteiger partial charge is 0.395 e. The summed E-state index contributed by atoms with van der Waals surface area (Å²) in [6.45, 7) is 3.09. The summed E-state index contributed by atoms with van der Waals surface area (Å²) in [7, 11) is 0. The predicted octanol–water partition coefficient (Wildman–Crippen LogP) is 1.82. The van der Waals surface area contributed by atoms with Crippen LogP contribution in [-0.2, 0) is 16.6 Å². The molecule has 1 unspecified atom stereocenters. The number of carbonyl (C=O) groups is 1. The summed E-state index contributed by atoms with van der Waals surface area (Å²) < 4.78 is 14.0. The molecule has 0 bridgehead atoms. The Balaban J connectivity index is 2.39. The number of nitrogens with one attached hydrogen (secondary N) is 1. The lowest BCUT2D eigenvalue weighted by Gasteiger charge is -2.26. The average molecular weight is 261 g/mol. The molecule has 0 fully saturated rings. The molecule has 3 nitrogen and oxygen atoms in total. The Hall–Kier alpha value is -1.94. The molecule has 0 spiro atoms. The summed E-state index contributed by atoms with van der Waals surface area (Å²) in [4.78, 5) is 12.3. The fourth-order valence-corrected chi connectivity index (χ4v) is 2.57. The molecule has 2 N–H and O–H groups in total. The Morgan fingerprint density at radius 1 is 1.58 bits per heavy atom. The SMILES string of the molecule is C=CC=CNC(=O)C1(CO)CCc2cccc(F)c21. The molecular weight excluding hydrogens is 245 g/mol. The number of aryl methyl sites for hydroxylation is 1. The molecule has 4 heteroatoms. The lowest BCUT2D eigenvalue weighted by molar-refractivity contribution is -0.127. The zero-order valence-corrected chi connectivity index (χ0v) is 10.5. The number of aliphatic hydroxyl groups is 1. The Morgan fingerprint density at radius 3 is 3.05 bits per heavy atom. The number of fused-ring (bicyclic) bond motifs is 1. The Kier molecular flexibility index (Phi) is 3.81. The first-order chi connectivity index (χ1) is 9.15. The van der Waals surface area contributed by atoms with Gasteiger partial charge in [-0.3, -0.25) is 4.79 Å². The van der Waals surface area contributed by atoms with E-state index in [2.05, 4.69) is 11.9 Å². The van der Waals surface area contributed by atoms with Crippen molar-refractivity contribution in [3.8, 4) is 0 Å². The van der Waals surface area contributed by atoms with Crippen LogP contribution in [0, 0.1) is 5.82 Å². The molecule has 2 rings (SSSR count). The third-order valence-corrected chi connectivity index (χ3v) is 3.55. The van der Waals surface area contributed by atoms with E-state index in [4.69, 9.17) is 0 Å². The topological polar surface area (TPSA) is 49.3 Å². The highest BCUT2D eigenvalue weighted by molar-refractivity contribution is 5.90. The quantitative estimate of drug-likeness (QED) is 0.812. The van der Waals surface area contributed by atoms with Crippen LogP contribution in [0.25, 0.3) is 0 Å². The van der Waals surface area contributed by atoms with E-state index in [0.717, 1.165) is 5.56 Å². The highest BCUT2D eigenvalue weighted by Gasteiger charge is 2.46. The zero-order chi connectivity index (χ0) is 13.9. The van der Waals surface area contributed by atoms with Gasteiger partial charge in [-0.2, -0.15) is 0 Å². The van der Waals surface area contributed by atoms with Crippen LogP contribution < -0.4 is 5.32 Å². The highest BCUT2D eigenvalue weighted by Crippen LogP contribution is 2.40. The van der Waals surface area contributed by atoms with E-state index in [9.17, 15) is 14.3 Å². The minimum absolute atomic E-state index is 0.321. The first kappa shape index (κ1) is 13.5. The monoisotopic (exact) mass is 261 g/mol. The predicted molar refractivity (Wildman–Crippen MR) is 71.0 cm³/mol. The molecule has 1 aliphatic carbocycles. The lowest BCUT2D eigenvalue weighted by atomic mass is 9.81. The number of amides is 1. The fraction of sp³-hybridized carbons (Fsp3) is 0.267. The maximum absolute atomic E-state index is 14.0. The van der Waals surface area contributed by atoms with E-state index in [-0.39, 0.29) is 0 Å². The third kappa shape index (κ3) is 2.19. The summed E-state index contributed by atoms with van der Waals surface area (Å²) >= 11 is 0. The maximum atomic E-state index is 14.0. The molecule has 1 aromatic rings. The second-order valence-electron chi connectivity index (χ2n) is 4.58. The van der Waals surface area contributed by atoms with Crippen LogP contribution in [0.1, 0.15) is 17.5 Å². The van der Waals surface area contributed by atoms with Crippen molar-refractivity contribution in [2.45, 2.75) is 18.3 Å². The first-order valence-electron chi connectivity index (χ1n) is 6.13. The molecule has 1 atom stereocenters. The first-order valence-corrected chi connectivity index (χ1v) is 6.13. The van der Waals surface area contributed by atoms with Gasteiger partial charge in [0.25, 0.3) is 0 Å². The zero-order valence-electron chi connectivity index (χ0n) is 10.5. The number of aliphatic hydroxyl groups excluding tert-OH is 1. The summed E-state index contributed by atoms with van der Waals surface area (Å²) in [5.41, 5.74) is -0.0782. The van der Waals surface area contributed by atoms with Gasteiger partial charge in [-0.05, 0) is 30.5 Å². The molecule has 1 amide bonds. The molecule has 0 saturated carbocycles. The minimum Gasteiger partial charge on any atom is -0.395 e. The molecule has 19 heavy (non-hydrogen) atoms. The van der Waals surface area contributed by atoms with E-state index in [1.54, 1.807) is 18.2 Å². The van der Waals surface area contributed by atoms with Gasteiger partial charge in [0.15, 0.2) is 0 Å². The van der Waals surface area contributed by atoms with Gasteiger partial charge < -0.3 is 10.4 Å². The van der Waals surface area contributed by atoms with Crippen LogP contribution in [0.2, 0.25) is 0 Å². The lowest BCUT2D eigenvalue weighted by Crippen LogP contribution is -2.44. The van der Waals surface area contributed by atoms with Crippen molar-refractivity contribution < 1.29 is 14.3 Å². The molecule has 0 radical (unpaired) electrons. The standard InChI is InChI=1S/C15H16FNO2/c1-2-3-9-17-14(19)15(10-18)8-7-11-5-4-6-12(16)13(11)15/h2-6,9,18H,1,7-8,10H2,(H,17,19). The van der Waals surface area contributed by atoms with Gasteiger partial charge in [-0.15, -0.1) is 0 Å². The molecular formula is C15H16FNO2. The number of rotatable bonds is 4. The van der Waals surface area contributed by atoms with Crippen LogP contribution in [-0.4, -0.2) is 17.6 Å². The minimum atomic E-state index is -1.19. The molecule has 100 valence electrons. The van der Waals surface area contributed by atoms with Crippen LogP contribution in [0.4, 0.5) is 4.39 Å². The van der Waals surface area contributed by atoms with Crippen molar-refractivity contribution >= 4 is 5.91 Å². The van der Waals surface area contributed by atoms with E-state index in [0.29, 0.717) is 18.4 Å². The van der Waals surface area contributed by atoms with E-state index in [1.807, 2.05) is 0 Å². The number of benzene rings is 1. The Morgan fingerprint density at radius 2 is 2.37 bits per heavy atom. The van der Waals surface area contributed by atoms with E-state index in [1.165, 1.54) is 18.3 Å². The molecule has 1 aromatic carbocycles. The van der Waals surface area contributed by atoms with Gasteiger partial charge in [0.2, 0.25) is 5.91 Å². The van der Waals surface area contributed by atoms with Gasteiger partial charge in [0.1, 0.15) is 11.2 Å². The summed E-state index contributed by atoms with van der Waals surface area (Å²) in [5.74, 6) is -0.830. The molecule has 0 aromatic heterocycles. The maximum Gasteiger partial charge on any atom is 0.237 e. The fourth-order valence-electron chi connectivity index (χ4n) is 2.57. The van der Waals surface area contributed by atoms with Crippen molar-refractivity contribution in [2.24, 2.45) is 0 Å². The van der Waals surface area contributed by atoms with Crippen molar-refractivity contribution in [1.29, 1.82) is 0 Å². The molecule has 1 aliphatic rings. The van der Waals surface area contributed by atoms with Crippen LogP contribution in [0.15, 0.2) is 43.1 Å². The highest BCUT2D eigenvalue weighted by atomic mass is 19.1. The molecule has 0 heterocycles. The smallest absolute Gasteiger partial charge is 0.237 e. The summed E-state index contributed by atoms with van der Waals surface area (Å²) in [6.07, 6.45) is 5.53. The van der Waals surface area contributed by atoms with Gasteiger partial charge in [0.05, 0.1) is 6.61 Å².